The van der Waals surface area contributed by atoms with Gasteiger partial charge in [0.2, 0.25) is 0 Å². The molecule has 1 unspecified atom stereocenters. The van der Waals surface area contributed by atoms with Crippen LogP contribution in [-0.4, -0.2) is 33.4 Å². The number of nitrogens with one attached hydrogen (secondary N) is 1. The number of rotatable bonds is 2. The fourth-order valence-corrected chi connectivity index (χ4v) is 1.81. The maximum absolute atomic E-state index is 5.53. The zero-order chi connectivity index (χ0) is 10.5. The second kappa shape index (κ2) is 5.14. The summed E-state index contributed by atoms with van der Waals surface area (Å²) < 4.78 is 10.7. The highest BCUT2D eigenvalue weighted by molar-refractivity contribution is 5.31. The van der Waals surface area contributed by atoms with E-state index in [1.54, 1.807) is 7.11 Å². The number of benzene rings is 1. The van der Waals surface area contributed by atoms with Gasteiger partial charge in [0, 0.05) is 19.0 Å². The number of ether oxygens (including phenoxy) is 2. The Hall–Kier alpha value is -1.06. The quantitative estimate of drug-likeness (QED) is 0.795. The van der Waals surface area contributed by atoms with Crippen LogP contribution < -0.4 is 10.1 Å². The third kappa shape index (κ3) is 2.70. The summed E-state index contributed by atoms with van der Waals surface area (Å²) in [5, 5.41) is 3.37. The third-order valence-corrected chi connectivity index (χ3v) is 2.70. The van der Waals surface area contributed by atoms with Gasteiger partial charge in [0.25, 0.3) is 0 Å². The van der Waals surface area contributed by atoms with E-state index in [0.717, 1.165) is 32.1 Å². The molecule has 2 rings (SSSR count). The number of methoxy groups -OCH3 is 1. The fourth-order valence-electron chi connectivity index (χ4n) is 1.81. The van der Waals surface area contributed by atoms with Crippen LogP contribution in [0.5, 0.6) is 5.75 Å². The van der Waals surface area contributed by atoms with E-state index in [1.807, 2.05) is 12.1 Å². The molecule has 1 aromatic carbocycles. The number of hydrogen-bond acceptors (Lipinski definition) is 3. The van der Waals surface area contributed by atoms with Crippen LogP contribution in [0.3, 0.4) is 0 Å². The molecular formula is C12H17NO2. The molecule has 0 saturated carbocycles. The van der Waals surface area contributed by atoms with Gasteiger partial charge in [-0.15, -0.1) is 0 Å². The van der Waals surface area contributed by atoms with Crippen LogP contribution in [-0.2, 0) is 4.74 Å². The molecule has 1 atom stereocenters. The van der Waals surface area contributed by atoms with Crippen LogP contribution >= 0.6 is 0 Å². The second-order valence-corrected chi connectivity index (χ2v) is 3.75. The topological polar surface area (TPSA) is 30.5 Å². The highest BCUT2D eigenvalue weighted by Gasteiger charge is 2.14. The van der Waals surface area contributed by atoms with Gasteiger partial charge < -0.3 is 14.8 Å². The summed E-state index contributed by atoms with van der Waals surface area (Å²) >= 11 is 0. The summed E-state index contributed by atoms with van der Waals surface area (Å²) in [7, 11) is 1.70. The smallest absolute Gasteiger partial charge is 0.119 e. The molecular weight excluding hydrogens is 190 g/mol. The lowest BCUT2D eigenvalue weighted by molar-refractivity contribution is 0.141. The average Bonchev–Trinajstić information content (AvgIpc) is 2.58. The molecule has 0 aromatic heterocycles. The van der Waals surface area contributed by atoms with Gasteiger partial charge in [-0.1, -0.05) is 12.1 Å². The molecule has 0 bridgehead atoms. The number of hydrogen-bond donors (Lipinski definition) is 1. The van der Waals surface area contributed by atoms with E-state index in [4.69, 9.17) is 9.47 Å². The van der Waals surface area contributed by atoms with Crippen molar-refractivity contribution >= 4 is 0 Å². The first-order valence-electron chi connectivity index (χ1n) is 5.32. The van der Waals surface area contributed by atoms with E-state index < -0.39 is 0 Å². The van der Waals surface area contributed by atoms with Crippen molar-refractivity contribution in [2.24, 2.45) is 0 Å². The molecule has 0 spiro atoms. The molecule has 1 aliphatic heterocycles. The van der Waals surface area contributed by atoms with Crippen molar-refractivity contribution in [2.45, 2.75) is 5.92 Å². The monoisotopic (exact) mass is 207 g/mol. The van der Waals surface area contributed by atoms with Crippen molar-refractivity contribution in [1.29, 1.82) is 0 Å². The van der Waals surface area contributed by atoms with Gasteiger partial charge in [0.1, 0.15) is 5.75 Å². The highest BCUT2D eigenvalue weighted by Crippen LogP contribution is 2.21. The standard InChI is InChI=1S/C12H17NO2/c1-14-12-4-2-3-10(7-12)11-8-13-5-6-15-9-11/h2-4,7,11,13H,5-6,8-9H2,1H3. The van der Waals surface area contributed by atoms with E-state index in [1.165, 1.54) is 5.56 Å². The summed E-state index contributed by atoms with van der Waals surface area (Å²) in [6.45, 7) is 3.52. The first-order chi connectivity index (χ1) is 7.40. The Kier molecular flexibility index (Phi) is 3.59. The lowest BCUT2D eigenvalue weighted by atomic mass is 10.00. The predicted molar refractivity (Wildman–Crippen MR) is 59.4 cm³/mol. The van der Waals surface area contributed by atoms with Crippen molar-refractivity contribution in [3.8, 4) is 5.75 Å². The lowest BCUT2D eigenvalue weighted by Gasteiger charge is -2.14. The third-order valence-electron chi connectivity index (χ3n) is 2.70. The molecule has 0 radical (unpaired) electrons. The van der Waals surface area contributed by atoms with Gasteiger partial charge >= 0.3 is 0 Å². The molecule has 1 aliphatic rings. The van der Waals surface area contributed by atoms with Crippen molar-refractivity contribution in [3.63, 3.8) is 0 Å². The first kappa shape index (κ1) is 10.5. The first-order valence-corrected chi connectivity index (χ1v) is 5.32. The minimum atomic E-state index is 0.433. The molecule has 1 aromatic rings. The van der Waals surface area contributed by atoms with E-state index in [0.29, 0.717) is 5.92 Å². The fraction of sp³-hybridized carbons (Fsp3) is 0.500. The van der Waals surface area contributed by atoms with Gasteiger partial charge in [0.05, 0.1) is 20.3 Å². The van der Waals surface area contributed by atoms with E-state index in [9.17, 15) is 0 Å². The summed E-state index contributed by atoms with van der Waals surface area (Å²) in [4.78, 5) is 0. The maximum atomic E-state index is 5.53. The Bertz CT molecular complexity index is 306. The summed E-state index contributed by atoms with van der Waals surface area (Å²) in [6.07, 6.45) is 0. The van der Waals surface area contributed by atoms with Crippen LogP contribution in [0.15, 0.2) is 24.3 Å². The van der Waals surface area contributed by atoms with Crippen LogP contribution in [0.2, 0.25) is 0 Å². The molecule has 82 valence electrons. The molecule has 3 nitrogen and oxygen atoms in total. The molecule has 0 aliphatic carbocycles. The van der Waals surface area contributed by atoms with Gasteiger partial charge in [-0.2, -0.15) is 0 Å². The Morgan fingerprint density at radius 1 is 1.47 bits per heavy atom. The Balaban J connectivity index is 2.12. The molecule has 1 fully saturated rings. The molecule has 3 heteroatoms. The van der Waals surface area contributed by atoms with Crippen molar-refractivity contribution in [2.75, 3.05) is 33.4 Å². The Morgan fingerprint density at radius 2 is 2.40 bits per heavy atom. The van der Waals surface area contributed by atoms with Gasteiger partial charge in [0.15, 0.2) is 0 Å². The normalized spacial score (nSPS) is 22.1. The molecule has 15 heavy (non-hydrogen) atoms. The van der Waals surface area contributed by atoms with Crippen LogP contribution in [0, 0.1) is 0 Å². The summed E-state index contributed by atoms with van der Waals surface area (Å²) in [5.74, 6) is 1.35. The predicted octanol–water partition coefficient (Wildman–Crippen LogP) is 1.40. The second-order valence-electron chi connectivity index (χ2n) is 3.75. The van der Waals surface area contributed by atoms with Crippen LogP contribution in [0.1, 0.15) is 11.5 Å². The van der Waals surface area contributed by atoms with Crippen molar-refractivity contribution in [3.05, 3.63) is 29.8 Å². The van der Waals surface area contributed by atoms with E-state index >= 15 is 0 Å². The maximum Gasteiger partial charge on any atom is 0.119 e. The minimum Gasteiger partial charge on any atom is -0.497 e. The molecule has 0 amide bonds. The van der Waals surface area contributed by atoms with Gasteiger partial charge in [-0.05, 0) is 17.7 Å². The van der Waals surface area contributed by atoms with E-state index in [-0.39, 0.29) is 0 Å². The zero-order valence-corrected chi connectivity index (χ0v) is 9.03. The van der Waals surface area contributed by atoms with Crippen LogP contribution in [0.4, 0.5) is 0 Å². The van der Waals surface area contributed by atoms with E-state index in [2.05, 4.69) is 17.4 Å². The lowest BCUT2D eigenvalue weighted by Crippen LogP contribution is -2.21. The van der Waals surface area contributed by atoms with Gasteiger partial charge in [-0.25, -0.2) is 0 Å². The summed E-state index contributed by atoms with van der Waals surface area (Å²) in [6, 6.07) is 8.21. The minimum absolute atomic E-state index is 0.433. The highest BCUT2D eigenvalue weighted by atomic mass is 16.5. The summed E-state index contributed by atoms with van der Waals surface area (Å²) in [5.41, 5.74) is 1.28. The van der Waals surface area contributed by atoms with Gasteiger partial charge in [-0.3, -0.25) is 0 Å². The van der Waals surface area contributed by atoms with Crippen molar-refractivity contribution < 1.29 is 9.47 Å². The molecule has 1 N–H and O–H groups in total. The van der Waals surface area contributed by atoms with Crippen LogP contribution in [0.25, 0.3) is 0 Å². The zero-order valence-electron chi connectivity index (χ0n) is 9.03. The molecule has 1 heterocycles. The molecule has 1 saturated heterocycles. The van der Waals surface area contributed by atoms with Crippen molar-refractivity contribution in [1.82, 2.24) is 5.32 Å². The largest absolute Gasteiger partial charge is 0.497 e. The average molecular weight is 207 g/mol. The Labute approximate surface area is 90.4 Å². The SMILES string of the molecule is COc1cccc(C2CNCCOC2)c1. The Morgan fingerprint density at radius 3 is 3.27 bits per heavy atom.